The number of tetrazole rings is 1. The summed E-state index contributed by atoms with van der Waals surface area (Å²) in [7, 11) is 0. The Morgan fingerprint density at radius 3 is 2.21 bits per heavy atom. The molecule has 4 rings (SSSR count). The molecule has 8 nitrogen and oxygen atoms in total. The molecule has 8 heteroatoms. The molecule has 0 aliphatic rings. The molecule has 1 amide bonds. The number of hydrogen-bond donors (Lipinski definition) is 2. The Labute approximate surface area is 229 Å². The second-order valence-electron chi connectivity index (χ2n) is 10.5. The number of nitrogens with zero attached hydrogens (tertiary/aromatic N) is 4. The standard InChI is InChI=1S/C31H35N5O3/c1-4-5-15-27(37)36(28(30(38)39)31(2,3)20-22-11-7-6-8-12-22)21-23-16-18-24(19-17-23)25-13-9-10-14-26(25)29-32-34-35-33-29/h6-14,16-19,28H,4-5,15,20-21H2,1-3H3,(H,38,39)(H,32,33,34,35)/t28-/m1/s1. The number of carbonyl (C=O) groups excluding carboxylic acids is 1. The van der Waals surface area contributed by atoms with Crippen LogP contribution in [-0.2, 0) is 22.6 Å². The average molecular weight is 526 g/mol. The number of benzene rings is 3. The van der Waals surface area contributed by atoms with Crippen LogP contribution in [0.1, 0.15) is 51.2 Å². The number of hydrogen-bond acceptors (Lipinski definition) is 5. The SMILES string of the molecule is CCCCC(=O)N(Cc1ccc(-c2ccccc2-c2nn[nH]n2)cc1)[C@H](C(=O)O)C(C)(C)Cc1ccccc1. The van der Waals surface area contributed by atoms with Gasteiger partial charge in [-0.3, -0.25) is 4.79 Å². The summed E-state index contributed by atoms with van der Waals surface area (Å²) in [6.45, 7) is 6.09. The Morgan fingerprint density at radius 1 is 0.923 bits per heavy atom. The molecule has 1 atom stereocenters. The first kappa shape index (κ1) is 27.7. The number of amides is 1. The normalized spacial score (nSPS) is 12.2. The van der Waals surface area contributed by atoms with E-state index in [1.165, 1.54) is 0 Å². The van der Waals surface area contributed by atoms with Crippen molar-refractivity contribution in [2.24, 2.45) is 5.41 Å². The molecule has 0 fully saturated rings. The van der Waals surface area contributed by atoms with Gasteiger partial charge in [-0.15, -0.1) is 10.2 Å². The number of aromatic nitrogens is 4. The van der Waals surface area contributed by atoms with Gasteiger partial charge in [0.2, 0.25) is 11.7 Å². The van der Waals surface area contributed by atoms with Crippen molar-refractivity contribution < 1.29 is 14.7 Å². The summed E-state index contributed by atoms with van der Waals surface area (Å²) in [6, 6.07) is 24.5. The van der Waals surface area contributed by atoms with Crippen LogP contribution in [0, 0.1) is 5.41 Å². The van der Waals surface area contributed by atoms with Gasteiger partial charge in [0, 0.05) is 18.5 Å². The summed E-state index contributed by atoms with van der Waals surface area (Å²) in [6.07, 6.45) is 2.43. The second-order valence-corrected chi connectivity index (χ2v) is 10.5. The molecular weight excluding hydrogens is 490 g/mol. The first-order chi connectivity index (χ1) is 18.8. The van der Waals surface area contributed by atoms with Crippen molar-refractivity contribution in [3.63, 3.8) is 0 Å². The Bertz CT molecular complexity index is 1370. The number of nitrogens with one attached hydrogen (secondary N) is 1. The number of aromatic amines is 1. The largest absolute Gasteiger partial charge is 0.480 e. The Morgan fingerprint density at radius 2 is 1.59 bits per heavy atom. The van der Waals surface area contributed by atoms with Crippen LogP contribution in [-0.4, -0.2) is 48.5 Å². The van der Waals surface area contributed by atoms with Crippen LogP contribution in [0.3, 0.4) is 0 Å². The topological polar surface area (TPSA) is 112 Å². The van der Waals surface area contributed by atoms with Crippen LogP contribution >= 0.6 is 0 Å². The van der Waals surface area contributed by atoms with E-state index in [-0.39, 0.29) is 12.5 Å². The summed E-state index contributed by atoms with van der Waals surface area (Å²) in [5.74, 6) is -0.629. The molecule has 0 radical (unpaired) electrons. The van der Waals surface area contributed by atoms with Crippen LogP contribution in [0.2, 0.25) is 0 Å². The van der Waals surface area contributed by atoms with Crippen LogP contribution in [0.15, 0.2) is 78.9 Å². The summed E-state index contributed by atoms with van der Waals surface area (Å²) < 4.78 is 0. The number of H-pyrrole nitrogens is 1. The summed E-state index contributed by atoms with van der Waals surface area (Å²) in [4.78, 5) is 27.7. The minimum Gasteiger partial charge on any atom is -0.480 e. The van der Waals surface area contributed by atoms with E-state index in [9.17, 15) is 14.7 Å². The molecule has 1 aromatic heterocycles. The van der Waals surface area contributed by atoms with Gasteiger partial charge in [-0.1, -0.05) is 106 Å². The highest BCUT2D eigenvalue weighted by Crippen LogP contribution is 2.33. The van der Waals surface area contributed by atoms with Gasteiger partial charge in [-0.25, -0.2) is 4.79 Å². The number of rotatable bonds is 12. The molecule has 4 aromatic rings. The molecule has 0 saturated heterocycles. The third-order valence-corrected chi connectivity index (χ3v) is 6.98. The van der Waals surface area contributed by atoms with Gasteiger partial charge in [-0.2, -0.15) is 5.21 Å². The Hall–Kier alpha value is -4.33. The van der Waals surface area contributed by atoms with Gasteiger partial charge in [0.25, 0.3) is 0 Å². The number of unbranched alkanes of at least 4 members (excludes halogenated alkanes) is 1. The number of carboxylic acid groups (broad SMARTS) is 1. The molecule has 2 N–H and O–H groups in total. The van der Waals surface area contributed by atoms with Gasteiger partial charge >= 0.3 is 5.97 Å². The summed E-state index contributed by atoms with van der Waals surface area (Å²) in [5, 5.41) is 24.8. The van der Waals surface area contributed by atoms with Crippen molar-refractivity contribution in [1.29, 1.82) is 0 Å². The van der Waals surface area contributed by atoms with Crippen molar-refractivity contribution in [3.8, 4) is 22.5 Å². The van der Waals surface area contributed by atoms with Gasteiger partial charge in [-0.05, 0) is 45.7 Å². The quantitative estimate of drug-likeness (QED) is 0.243. The number of carbonyl (C=O) groups is 2. The molecule has 39 heavy (non-hydrogen) atoms. The molecule has 0 bridgehead atoms. The molecule has 0 unspecified atom stereocenters. The number of carboxylic acids is 1. The molecule has 1 heterocycles. The predicted molar refractivity (Wildman–Crippen MR) is 150 cm³/mol. The van der Waals surface area contributed by atoms with Crippen LogP contribution in [0.5, 0.6) is 0 Å². The highest BCUT2D eigenvalue weighted by atomic mass is 16.4. The van der Waals surface area contributed by atoms with Crippen LogP contribution in [0.25, 0.3) is 22.5 Å². The zero-order valence-corrected chi connectivity index (χ0v) is 22.7. The van der Waals surface area contributed by atoms with Gasteiger partial charge in [0.15, 0.2) is 0 Å². The van der Waals surface area contributed by atoms with E-state index < -0.39 is 17.4 Å². The van der Waals surface area contributed by atoms with E-state index >= 15 is 0 Å². The first-order valence-corrected chi connectivity index (χ1v) is 13.3. The first-order valence-electron chi connectivity index (χ1n) is 13.3. The monoisotopic (exact) mass is 525 g/mol. The zero-order valence-electron chi connectivity index (χ0n) is 22.7. The molecule has 202 valence electrons. The molecule has 0 aliphatic heterocycles. The molecule has 0 saturated carbocycles. The fraction of sp³-hybridized carbons (Fsp3) is 0.323. The lowest BCUT2D eigenvalue weighted by Crippen LogP contribution is -2.53. The molecule has 0 spiro atoms. The van der Waals surface area contributed by atoms with E-state index in [0.29, 0.717) is 25.1 Å². The summed E-state index contributed by atoms with van der Waals surface area (Å²) in [5.41, 5.74) is 3.97. The lowest BCUT2D eigenvalue weighted by atomic mass is 9.77. The van der Waals surface area contributed by atoms with Gasteiger partial charge in [0.05, 0.1) is 0 Å². The fourth-order valence-electron chi connectivity index (χ4n) is 5.10. The molecular formula is C31H35N5O3. The third-order valence-electron chi connectivity index (χ3n) is 6.98. The highest BCUT2D eigenvalue weighted by molar-refractivity contribution is 5.84. The minimum absolute atomic E-state index is 0.142. The maximum absolute atomic E-state index is 13.5. The zero-order chi connectivity index (χ0) is 27.8. The van der Waals surface area contributed by atoms with Gasteiger partial charge in [0.1, 0.15) is 6.04 Å². The van der Waals surface area contributed by atoms with E-state index in [0.717, 1.165) is 34.2 Å². The average Bonchev–Trinajstić information content (AvgIpc) is 3.47. The van der Waals surface area contributed by atoms with E-state index in [4.69, 9.17) is 0 Å². The lowest BCUT2D eigenvalue weighted by molar-refractivity contribution is -0.156. The van der Waals surface area contributed by atoms with Gasteiger partial charge < -0.3 is 10.0 Å². The lowest BCUT2D eigenvalue weighted by Gasteiger charge is -2.40. The highest BCUT2D eigenvalue weighted by Gasteiger charge is 2.41. The smallest absolute Gasteiger partial charge is 0.327 e. The van der Waals surface area contributed by atoms with E-state index in [1.807, 2.05) is 99.6 Å². The fourth-order valence-corrected chi connectivity index (χ4v) is 5.10. The predicted octanol–water partition coefficient (Wildman–Crippen LogP) is 5.77. The van der Waals surface area contributed by atoms with Crippen molar-refractivity contribution in [2.45, 2.75) is 59.0 Å². The Balaban J connectivity index is 1.63. The minimum atomic E-state index is -0.994. The molecule has 0 aliphatic carbocycles. The summed E-state index contributed by atoms with van der Waals surface area (Å²) >= 11 is 0. The van der Waals surface area contributed by atoms with Crippen LogP contribution < -0.4 is 0 Å². The van der Waals surface area contributed by atoms with Crippen molar-refractivity contribution >= 4 is 11.9 Å². The molecule has 3 aromatic carbocycles. The van der Waals surface area contributed by atoms with Crippen LogP contribution in [0.4, 0.5) is 0 Å². The third kappa shape index (κ3) is 6.76. The van der Waals surface area contributed by atoms with Crippen molar-refractivity contribution in [2.75, 3.05) is 0 Å². The maximum Gasteiger partial charge on any atom is 0.327 e. The van der Waals surface area contributed by atoms with E-state index in [2.05, 4.69) is 20.6 Å². The van der Waals surface area contributed by atoms with Crippen molar-refractivity contribution in [3.05, 3.63) is 90.0 Å². The number of aliphatic carboxylic acids is 1. The van der Waals surface area contributed by atoms with E-state index in [1.54, 1.807) is 4.90 Å². The maximum atomic E-state index is 13.5. The Kier molecular flexibility index (Phi) is 8.86. The van der Waals surface area contributed by atoms with Crippen molar-refractivity contribution in [1.82, 2.24) is 25.5 Å². The second kappa shape index (κ2) is 12.5.